The number of benzene rings is 1. The molecule has 7 nitrogen and oxygen atoms in total. The van der Waals surface area contributed by atoms with Crippen molar-refractivity contribution in [3.05, 3.63) is 35.4 Å². The molecule has 3 N–H and O–H groups in total. The van der Waals surface area contributed by atoms with E-state index < -0.39 is 23.6 Å². The predicted molar refractivity (Wildman–Crippen MR) is 122 cm³/mol. The second-order valence-electron chi connectivity index (χ2n) is 9.03. The zero-order valence-electron chi connectivity index (χ0n) is 19.3. The van der Waals surface area contributed by atoms with E-state index in [1.165, 1.54) is 6.07 Å². The van der Waals surface area contributed by atoms with Gasteiger partial charge in [0, 0.05) is 17.6 Å². The smallest absolute Gasteiger partial charge is 0.407 e. The predicted octanol–water partition coefficient (Wildman–Crippen LogP) is 4.28. The summed E-state index contributed by atoms with van der Waals surface area (Å²) >= 11 is 0. The van der Waals surface area contributed by atoms with Gasteiger partial charge in [0.25, 0.3) is 5.91 Å². The third-order valence-corrected chi connectivity index (χ3v) is 6.38. The third kappa shape index (κ3) is 7.68. The monoisotopic (exact) mass is 464 g/mol. The molecule has 33 heavy (non-hydrogen) atoms. The molecule has 2 amide bonds. The van der Waals surface area contributed by atoms with Crippen molar-refractivity contribution in [2.75, 3.05) is 6.61 Å². The first-order valence-corrected chi connectivity index (χ1v) is 11.9. The standard InChI is InChI=1S/C24H34F2N4O3/c1-3-33-24(32)29-19-11-9-18(10-12-19)28-23(27-17-7-4-15(2)5-8-17)30-22(31)16-6-13-20(25)21(26)14-16/h6,13-15,17-19H,3-5,7-12H2,1-2H3,(H,29,32)(H2,27,28,30,31). The van der Waals surface area contributed by atoms with Crippen LogP contribution in [0.5, 0.6) is 0 Å². The molecule has 0 saturated heterocycles. The van der Waals surface area contributed by atoms with Gasteiger partial charge >= 0.3 is 6.09 Å². The first-order valence-electron chi connectivity index (χ1n) is 11.9. The number of amides is 2. The molecule has 182 valence electrons. The van der Waals surface area contributed by atoms with Crippen molar-refractivity contribution in [2.24, 2.45) is 10.9 Å². The van der Waals surface area contributed by atoms with Gasteiger partial charge in [-0.25, -0.2) is 18.6 Å². The molecular formula is C24H34F2N4O3. The van der Waals surface area contributed by atoms with Crippen LogP contribution in [0, 0.1) is 17.6 Å². The zero-order valence-corrected chi connectivity index (χ0v) is 19.3. The van der Waals surface area contributed by atoms with Gasteiger partial charge in [0.2, 0.25) is 0 Å². The summed E-state index contributed by atoms with van der Waals surface area (Å²) in [7, 11) is 0. The van der Waals surface area contributed by atoms with Crippen LogP contribution in [0.3, 0.4) is 0 Å². The number of aliphatic imine (C=N–C) groups is 1. The fourth-order valence-corrected chi connectivity index (χ4v) is 4.39. The van der Waals surface area contributed by atoms with Crippen LogP contribution in [-0.4, -0.2) is 42.7 Å². The number of hydrogen-bond acceptors (Lipinski definition) is 4. The molecule has 0 radical (unpaired) electrons. The van der Waals surface area contributed by atoms with Crippen molar-refractivity contribution in [1.29, 1.82) is 0 Å². The summed E-state index contributed by atoms with van der Waals surface area (Å²) in [6.07, 6.45) is 6.81. The van der Waals surface area contributed by atoms with Gasteiger partial charge in [-0.2, -0.15) is 0 Å². The molecule has 1 aromatic carbocycles. The molecule has 0 aliphatic heterocycles. The number of halogens is 2. The molecule has 2 saturated carbocycles. The lowest BCUT2D eigenvalue weighted by atomic mass is 9.88. The van der Waals surface area contributed by atoms with Gasteiger partial charge in [-0.15, -0.1) is 0 Å². The van der Waals surface area contributed by atoms with Gasteiger partial charge in [-0.1, -0.05) is 6.92 Å². The van der Waals surface area contributed by atoms with Crippen molar-refractivity contribution < 1.29 is 23.1 Å². The number of nitrogens with zero attached hydrogens (tertiary/aromatic N) is 1. The molecule has 0 bridgehead atoms. The van der Waals surface area contributed by atoms with E-state index in [0.29, 0.717) is 18.5 Å². The maximum absolute atomic E-state index is 13.6. The average Bonchev–Trinajstić information content (AvgIpc) is 2.78. The molecule has 9 heteroatoms. The summed E-state index contributed by atoms with van der Waals surface area (Å²) in [5.41, 5.74) is 0.0306. The Morgan fingerprint density at radius 2 is 1.61 bits per heavy atom. The van der Waals surface area contributed by atoms with E-state index in [1.54, 1.807) is 6.92 Å². The summed E-state index contributed by atoms with van der Waals surface area (Å²) in [4.78, 5) is 29.1. The van der Waals surface area contributed by atoms with Gasteiger partial charge in [0.15, 0.2) is 17.6 Å². The molecule has 0 aromatic heterocycles. The summed E-state index contributed by atoms with van der Waals surface area (Å²) in [5.74, 6) is -1.56. The quantitative estimate of drug-likeness (QED) is 0.448. The summed E-state index contributed by atoms with van der Waals surface area (Å²) in [5, 5.41) is 8.99. The number of ether oxygens (including phenoxy) is 1. The van der Waals surface area contributed by atoms with Gasteiger partial charge in [-0.3, -0.25) is 10.1 Å². The Bertz CT molecular complexity index is 848. The molecule has 0 heterocycles. The Morgan fingerprint density at radius 1 is 0.970 bits per heavy atom. The van der Waals surface area contributed by atoms with Crippen molar-refractivity contribution >= 4 is 18.0 Å². The Labute approximate surface area is 193 Å². The van der Waals surface area contributed by atoms with Crippen LogP contribution in [0.15, 0.2) is 23.2 Å². The first kappa shape index (κ1) is 24.9. The number of nitrogens with one attached hydrogen (secondary N) is 3. The summed E-state index contributed by atoms with van der Waals surface area (Å²) in [6.45, 7) is 4.33. The lowest BCUT2D eigenvalue weighted by Crippen LogP contribution is -2.49. The normalized spacial score (nSPS) is 25.8. The third-order valence-electron chi connectivity index (χ3n) is 6.38. The van der Waals surface area contributed by atoms with E-state index in [1.807, 2.05) is 0 Å². The molecule has 1 aromatic rings. The van der Waals surface area contributed by atoms with Crippen molar-refractivity contribution in [3.8, 4) is 0 Å². The van der Waals surface area contributed by atoms with Gasteiger partial charge in [0.05, 0.1) is 12.6 Å². The Kier molecular flexibility index (Phi) is 9.03. The minimum absolute atomic E-state index is 0.0306. The largest absolute Gasteiger partial charge is 0.450 e. The minimum atomic E-state index is -1.07. The number of guanidine groups is 1. The van der Waals surface area contributed by atoms with Crippen LogP contribution in [0.1, 0.15) is 75.6 Å². The second-order valence-corrected chi connectivity index (χ2v) is 9.03. The van der Waals surface area contributed by atoms with Crippen LogP contribution < -0.4 is 16.0 Å². The SMILES string of the molecule is CCOC(=O)NC1CCC(NC(=NC2CCC(C)CC2)NC(=O)c2ccc(F)c(F)c2)CC1. The molecule has 0 spiro atoms. The Morgan fingerprint density at radius 3 is 2.21 bits per heavy atom. The van der Waals surface area contributed by atoms with Gasteiger partial charge < -0.3 is 15.4 Å². The van der Waals surface area contributed by atoms with E-state index in [2.05, 4.69) is 22.9 Å². The van der Waals surface area contributed by atoms with Crippen molar-refractivity contribution in [2.45, 2.75) is 83.3 Å². The molecule has 2 aliphatic carbocycles. The number of alkyl carbamates (subject to hydrolysis) is 1. The van der Waals surface area contributed by atoms with Gasteiger partial charge in [-0.05, 0) is 82.4 Å². The highest BCUT2D eigenvalue weighted by atomic mass is 19.2. The Balaban J connectivity index is 1.63. The van der Waals surface area contributed by atoms with Crippen molar-refractivity contribution in [3.63, 3.8) is 0 Å². The van der Waals surface area contributed by atoms with Gasteiger partial charge in [0.1, 0.15) is 0 Å². The van der Waals surface area contributed by atoms with E-state index in [0.717, 1.165) is 63.5 Å². The van der Waals surface area contributed by atoms with E-state index in [4.69, 9.17) is 9.73 Å². The fraction of sp³-hybridized carbons (Fsp3) is 0.625. The maximum Gasteiger partial charge on any atom is 0.407 e. The zero-order chi connectivity index (χ0) is 23.8. The maximum atomic E-state index is 13.6. The molecule has 3 rings (SSSR count). The van der Waals surface area contributed by atoms with Crippen LogP contribution in [-0.2, 0) is 4.74 Å². The lowest BCUT2D eigenvalue weighted by Gasteiger charge is -2.31. The number of carbonyl (C=O) groups is 2. The van der Waals surface area contributed by atoms with Crippen molar-refractivity contribution in [1.82, 2.24) is 16.0 Å². The molecule has 0 atom stereocenters. The van der Waals surface area contributed by atoms with E-state index in [9.17, 15) is 18.4 Å². The number of carbonyl (C=O) groups excluding carboxylic acids is 2. The van der Waals surface area contributed by atoms with Crippen LogP contribution in [0.25, 0.3) is 0 Å². The second kappa shape index (κ2) is 12.0. The average molecular weight is 465 g/mol. The minimum Gasteiger partial charge on any atom is -0.450 e. The van der Waals surface area contributed by atoms with Crippen LogP contribution in [0.4, 0.5) is 13.6 Å². The van der Waals surface area contributed by atoms with E-state index >= 15 is 0 Å². The summed E-state index contributed by atoms with van der Waals surface area (Å²) < 4.78 is 31.8. The highest BCUT2D eigenvalue weighted by Crippen LogP contribution is 2.26. The molecule has 2 aliphatic rings. The lowest BCUT2D eigenvalue weighted by molar-refractivity contribution is 0.0974. The highest BCUT2D eigenvalue weighted by molar-refractivity contribution is 6.05. The van der Waals surface area contributed by atoms with Crippen LogP contribution in [0.2, 0.25) is 0 Å². The van der Waals surface area contributed by atoms with Crippen LogP contribution >= 0.6 is 0 Å². The highest BCUT2D eigenvalue weighted by Gasteiger charge is 2.25. The van der Waals surface area contributed by atoms with E-state index in [-0.39, 0.29) is 23.7 Å². The topological polar surface area (TPSA) is 91.8 Å². The number of hydrogen-bond donors (Lipinski definition) is 3. The fourth-order valence-electron chi connectivity index (χ4n) is 4.39. The molecular weight excluding hydrogens is 430 g/mol. The first-order chi connectivity index (χ1) is 15.8. The molecule has 0 unspecified atom stereocenters. The number of rotatable bonds is 5. The Hall–Kier alpha value is -2.71. The summed E-state index contributed by atoms with van der Waals surface area (Å²) in [6, 6.07) is 3.32. The molecule has 2 fully saturated rings.